The Hall–Kier alpha value is -3.67. The number of oxazole rings is 1. The monoisotopic (exact) mass is 530 g/mol. The van der Waals surface area contributed by atoms with E-state index >= 15 is 0 Å². The molecule has 0 saturated carbocycles. The summed E-state index contributed by atoms with van der Waals surface area (Å²) >= 11 is 0. The molecule has 0 aliphatic carbocycles. The Kier molecular flexibility index (Phi) is 9.45. The number of nitrogens with zero attached hydrogens (tertiary/aromatic N) is 3. The summed E-state index contributed by atoms with van der Waals surface area (Å²) < 4.78 is 18.0. The predicted octanol–water partition coefficient (Wildman–Crippen LogP) is 3.15. The highest BCUT2D eigenvalue weighted by Crippen LogP contribution is 2.24. The summed E-state index contributed by atoms with van der Waals surface area (Å²) in [7, 11) is 1.87. The van der Waals surface area contributed by atoms with Crippen molar-refractivity contribution in [3.63, 3.8) is 0 Å². The van der Waals surface area contributed by atoms with Crippen LogP contribution in [0.15, 0.2) is 46.9 Å². The van der Waals surface area contributed by atoms with Gasteiger partial charge < -0.3 is 29.5 Å². The molecule has 12 heteroatoms. The SMILES string of the molecule is CC(C)C(N)C(=O)OCCOCCNC(=O)c1ccc2c(c1)nc(Nc1nc3ccccc3o1)n2C.Cl. The van der Waals surface area contributed by atoms with Crippen LogP contribution < -0.4 is 16.4 Å². The normalized spacial score (nSPS) is 11.9. The van der Waals surface area contributed by atoms with E-state index in [4.69, 9.17) is 19.6 Å². The van der Waals surface area contributed by atoms with E-state index in [0.717, 1.165) is 11.0 Å². The topological polar surface area (TPSA) is 147 Å². The van der Waals surface area contributed by atoms with Gasteiger partial charge in [-0.05, 0) is 36.2 Å². The zero-order chi connectivity index (χ0) is 25.7. The molecule has 0 aliphatic heterocycles. The summed E-state index contributed by atoms with van der Waals surface area (Å²) in [5, 5.41) is 5.90. The van der Waals surface area contributed by atoms with Crippen LogP contribution in [0, 0.1) is 5.92 Å². The van der Waals surface area contributed by atoms with Crippen molar-refractivity contribution in [1.29, 1.82) is 0 Å². The largest absolute Gasteiger partial charge is 0.462 e. The Bertz CT molecular complexity index is 1340. The Morgan fingerprint density at radius 2 is 1.86 bits per heavy atom. The van der Waals surface area contributed by atoms with Crippen LogP contribution in [0.1, 0.15) is 24.2 Å². The van der Waals surface area contributed by atoms with Gasteiger partial charge in [0.15, 0.2) is 5.58 Å². The number of esters is 1. The summed E-state index contributed by atoms with van der Waals surface area (Å²) in [6.45, 7) is 4.64. The number of benzene rings is 2. The number of para-hydroxylation sites is 2. The smallest absolute Gasteiger partial charge is 0.323 e. The summed E-state index contributed by atoms with van der Waals surface area (Å²) in [5.74, 6) is -0.138. The average molecular weight is 531 g/mol. The molecule has 0 bridgehead atoms. The number of nitrogens with two attached hydrogens (primary N) is 1. The summed E-state index contributed by atoms with van der Waals surface area (Å²) in [5.41, 5.74) is 9.13. The van der Waals surface area contributed by atoms with Gasteiger partial charge in [-0.1, -0.05) is 26.0 Å². The van der Waals surface area contributed by atoms with E-state index in [1.54, 1.807) is 12.1 Å². The van der Waals surface area contributed by atoms with Crippen molar-refractivity contribution in [2.75, 3.05) is 31.7 Å². The highest BCUT2D eigenvalue weighted by molar-refractivity contribution is 5.97. The van der Waals surface area contributed by atoms with E-state index in [2.05, 4.69) is 20.6 Å². The molecule has 37 heavy (non-hydrogen) atoms. The second-order valence-electron chi connectivity index (χ2n) is 8.62. The average Bonchev–Trinajstić information content (AvgIpc) is 3.42. The van der Waals surface area contributed by atoms with Crippen LogP contribution in [-0.2, 0) is 21.3 Å². The van der Waals surface area contributed by atoms with Crippen LogP contribution in [0.3, 0.4) is 0 Å². The van der Waals surface area contributed by atoms with Crippen LogP contribution in [-0.4, -0.2) is 58.8 Å². The number of aryl methyl sites for hydroxylation is 1. The lowest BCUT2D eigenvalue weighted by Crippen LogP contribution is -2.37. The highest BCUT2D eigenvalue weighted by Gasteiger charge is 2.18. The van der Waals surface area contributed by atoms with Crippen LogP contribution in [0.25, 0.3) is 22.1 Å². The number of nitrogens with one attached hydrogen (secondary N) is 2. The van der Waals surface area contributed by atoms with E-state index in [0.29, 0.717) is 35.2 Å². The maximum atomic E-state index is 12.6. The lowest BCUT2D eigenvalue weighted by atomic mass is 10.1. The third kappa shape index (κ3) is 6.76. The first-order valence-electron chi connectivity index (χ1n) is 11.7. The Morgan fingerprint density at radius 3 is 2.62 bits per heavy atom. The van der Waals surface area contributed by atoms with Gasteiger partial charge in [0.1, 0.15) is 18.2 Å². The first-order valence-corrected chi connectivity index (χ1v) is 11.7. The molecule has 4 N–H and O–H groups in total. The number of carbonyl (C=O) groups is 2. The number of anilines is 2. The number of rotatable bonds is 11. The minimum absolute atomic E-state index is 0. The zero-order valence-electron chi connectivity index (χ0n) is 20.9. The molecule has 1 amide bonds. The first kappa shape index (κ1) is 27.9. The molecular formula is C25H31ClN6O5. The quantitative estimate of drug-likeness (QED) is 0.196. The van der Waals surface area contributed by atoms with Gasteiger partial charge in [0.2, 0.25) is 5.95 Å². The molecule has 0 fully saturated rings. The van der Waals surface area contributed by atoms with Crippen molar-refractivity contribution in [1.82, 2.24) is 19.9 Å². The number of carbonyl (C=O) groups excluding carboxylic acids is 2. The van der Waals surface area contributed by atoms with E-state index in [9.17, 15) is 9.59 Å². The van der Waals surface area contributed by atoms with Crippen LogP contribution >= 0.6 is 12.4 Å². The summed E-state index contributed by atoms with van der Waals surface area (Å²) in [6.07, 6.45) is 0. The van der Waals surface area contributed by atoms with Gasteiger partial charge in [-0.25, -0.2) is 4.98 Å². The number of imidazole rings is 1. The molecule has 11 nitrogen and oxygen atoms in total. The lowest BCUT2D eigenvalue weighted by molar-refractivity contribution is -0.147. The molecule has 4 rings (SSSR count). The van der Waals surface area contributed by atoms with Gasteiger partial charge >= 0.3 is 12.0 Å². The van der Waals surface area contributed by atoms with Crippen molar-refractivity contribution in [3.8, 4) is 0 Å². The minimum atomic E-state index is -0.644. The van der Waals surface area contributed by atoms with Crippen molar-refractivity contribution < 1.29 is 23.5 Å². The first-order chi connectivity index (χ1) is 17.3. The zero-order valence-corrected chi connectivity index (χ0v) is 21.7. The number of halogens is 1. The van der Waals surface area contributed by atoms with E-state index in [-0.39, 0.29) is 44.1 Å². The fraction of sp³-hybridized carbons (Fsp3) is 0.360. The van der Waals surface area contributed by atoms with Gasteiger partial charge in [0.05, 0.1) is 24.2 Å². The van der Waals surface area contributed by atoms with Crippen LogP contribution in [0.5, 0.6) is 0 Å². The van der Waals surface area contributed by atoms with Crippen molar-refractivity contribution in [2.24, 2.45) is 18.7 Å². The molecule has 0 aliphatic rings. The third-order valence-corrected chi connectivity index (χ3v) is 5.65. The maximum absolute atomic E-state index is 12.6. The molecule has 198 valence electrons. The van der Waals surface area contributed by atoms with Gasteiger partial charge in [-0.2, -0.15) is 4.98 Å². The molecule has 1 atom stereocenters. The molecular weight excluding hydrogens is 500 g/mol. The molecule has 4 aromatic rings. The van der Waals surface area contributed by atoms with Crippen molar-refractivity contribution >= 4 is 58.4 Å². The molecule has 2 heterocycles. The van der Waals surface area contributed by atoms with Gasteiger partial charge in [0, 0.05) is 19.2 Å². The molecule has 0 radical (unpaired) electrons. The van der Waals surface area contributed by atoms with E-state index in [1.165, 1.54) is 0 Å². The molecule has 1 unspecified atom stereocenters. The standard InChI is InChI=1S/C25H30N6O5.ClH/c1-15(2)21(26)23(33)35-13-12-34-11-10-27-22(32)16-8-9-19-18(14-16)28-24(31(19)3)30-25-29-17-6-4-5-7-20(17)36-25;/h4-9,14-15,21H,10-13,26H2,1-3H3,(H,27,32)(H,28,29,30);1H. The maximum Gasteiger partial charge on any atom is 0.323 e. The van der Waals surface area contributed by atoms with Crippen molar-refractivity contribution in [3.05, 3.63) is 48.0 Å². The Labute approximate surface area is 220 Å². The highest BCUT2D eigenvalue weighted by atomic mass is 35.5. The minimum Gasteiger partial charge on any atom is -0.462 e. The number of hydrogen-bond acceptors (Lipinski definition) is 9. The Morgan fingerprint density at radius 1 is 1.08 bits per heavy atom. The lowest BCUT2D eigenvalue weighted by Gasteiger charge is -2.14. The number of ether oxygens (including phenoxy) is 2. The van der Waals surface area contributed by atoms with Gasteiger partial charge in [-0.3, -0.25) is 14.9 Å². The van der Waals surface area contributed by atoms with E-state index in [1.807, 2.05) is 55.8 Å². The van der Waals surface area contributed by atoms with Crippen LogP contribution in [0.4, 0.5) is 12.0 Å². The molecule has 0 saturated heterocycles. The van der Waals surface area contributed by atoms with Crippen molar-refractivity contribution in [2.45, 2.75) is 19.9 Å². The fourth-order valence-corrected chi connectivity index (χ4v) is 3.48. The van der Waals surface area contributed by atoms with Crippen LogP contribution in [0.2, 0.25) is 0 Å². The van der Waals surface area contributed by atoms with Gasteiger partial charge in [0.25, 0.3) is 5.91 Å². The van der Waals surface area contributed by atoms with E-state index < -0.39 is 12.0 Å². The predicted molar refractivity (Wildman–Crippen MR) is 142 cm³/mol. The fourth-order valence-electron chi connectivity index (χ4n) is 3.48. The molecule has 0 spiro atoms. The molecule has 2 aromatic carbocycles. The third-order valence-electron chi connectivity index (χ3n) is 5.65. The second-order valence-corrected chi connectivity index (χ2v) is 8.62. The number of amides is 1. The molecule has 2 aromatic heterocycles. The Balaban J connectivity index is 0.00000380. The number of hydrogen-bond donors (Lipinski definition) is 3. The number of fused-ring (bicyclic) bond motifs is 2. The second kappa shape index (κ2) is 12.5. The summed E-state index contributed by atoms with van der Waals surface area (Å²) in [4.78, 5) is 33.2. The number of aromatic nitrogens is 3. The summed E-state index contributed by atoms with van der Waals surface area (Å²) in [6, 6.07) is 12.5. The van der Waals surface area contributed by atoms with Gasteiger partial charge in [-0.15, -0.1) is 12.4 Å².